The molecule has 4 heteroatoms. The van der Waals surface area contributed by atoms with Crippen LogP contribution in [0.1, 0.15) is 24.8 Å². The van der Waals surface area contributed by atoms with Crippen molar-refractivity contribution in [1.29, 1.82) is 0 Å². The Morgan fingerprint density at radius 2 is 2.00 bits per heavy atom. The Balaban J connectivity index is 2.92. The van der Waals surface area contributed by atoms with Crippen LogP contribution in [0.25, 0.3) is 0 Å². The number of halogens is 1. The number of carboxylic acid groups (broad SMARTS) is 1. The largest absolute Gasteiger partial charge is 0.480 e. The molecule has 3 nitrogen and oxygen atoms in total. The van der Waals surface area contributed by atoms with Crippen LogP contribution in [0.4, 0.5) is 4.39 Å². The van der Waals surface area contributed by atoms with Gasteiger partial charge in [-0.2, -0.15) is 0 Å². The SMILES string of the molecule is CCC(c1ccc(F)cc1)C(N)C(=O)O. The topological polar surface area (TPSA) is 63.3 Å². The van der Waals surface area contributed by atoms with Crippen molar-refractivity contribution in [3.05, 3.63) is 35.6 Å². The maximum Gasteiger partial charge on any atom is 0.321 e. The number of hydrogen-bond donors (Lipinski definition) is 2. The molecule has 1 aromatic carbocycles. The maximum absolute atomic E-state index is 12.7. The van der Waals surface area contributed by atoms with E-state index in [1.807, 2.05) is 6.92 Å². The summed E-state index contributed by atoms with van der Waals surface area (Å²) in [7, 11) is 0. The van der Waals surface area contributed by atoms with Crippen molar-refractivity contribution in [2.24, 2.45) is 5.73 Å². The first kappa shape index (κ1) is 11.7. The third-order valence-electron chi connectivity index (χ3n) is 2.46. The molecule has 0 aromatic heterocycles. The average Bonchev–Trinajstić information content (AvgIpc) is 2.21. The highest BCUT2D eigenvalue weighted by atomic mass is 19.1. The summed E-state index contributed by atoms with van der Waals surface area (Å²) in [5.41, 5.74) is 6.31. The van der Waals surface area contributed by atoms with E-state index in [4.69, 9.17) is 10.8 Å². The molecule has 2 unspecified atom stereocenters. The molecule has 0 heterocycles. The Bertz CT molecular complexity index is 337. The highest BCUT2D eigenvalue weighted by Crippen LogP contribution is 2.22. The Morgan fingerprint density at radius 3 is 2.40 bits per heavy atom. The van der Waals surface area contributed by atoms with E-state index in [1.165, 1.54) is 12.1 Å². The molecule has 15 heavy (non-hydrogen) atoms. The van der Waals surface area contributed by atoms with Gasteiger partial charge in [-0.3, -0.25) is 4.79 Å². The van der Waals surface area contributed by atoms with E-state index in [2.05, 4.69) is 0 Å². The van der Waals surface area contributed by atoms with Gasteiger partial charge in [0, 0.05) is 5.92 Å². The van der Waals surface area contributed by atoms with E-state index in [0.717, 1.165) is 5.56 Å². The van der Waals surface area contributed by atoms with Crippen molar-refractivity contribution in [1.82, 2.24) is 0 Å². The number of nitrogens with two attached hydrogens (primary N) is 1. The van der Waals surface area contributed by atoms with Crippen LogP contribution in [-0.4, -0.2) is 17.1 Å². The lowest BCUT2D eigenvalue weighted by Gasteiger charge is -2.19. The van der Waals surface area contributed by atoms with Crippen molar-refractivity contribution in [3.8, 4) is 0 Å². The Kier molecular flexibility index (Phi) is 3.80. The molecular formula is C11H14FNO2. The summed E-state index contributed by atoms with van der Waals surface area (Å²) in [6.45, 7) is 1.86. The zero-order chi connectivity index (χ0) is 11.4. The predicted molar refractivity (Wildman–Crippen MR) is 55.0 cm³/mol. The number of aliphatic carboxylic acids is 1. The maximum atomic E-state index is 12.7. The minimum Gasteiger partial charge on any atom is -0.480 e. The van der Waals surface area contributed by atoms with Crippen molar-refractivity contribution < 1.29 is 14.3 Å². The van der Waals surface area contributed by atoms with Gasteiger partial charge in [-0.05, 0) is 24.1 Å². The average molecular weight is 211 g/mol. The lowest BCUT2D eigenvalue weighted by molar-refractivity contribution is -0.139. The van der Waals surface area contributed by atoms with E-state index >= 15 is 0 Å². The minimum absolute atomic E-state index is 0.275. The van der Waals surface area contributed by atoms with Crippen LogP contribution in [0.5, 0.6) is 0 Å². The second-order valence-corrected chi connectivity index (χ2v) is 3.43. The van der Waals surface area contributed by atoms with Gasteiger partial charge in [0.2, 0.25) is 0 Å². The third-order valence-corrected chi connectivity index (χ3v) is 2.46. The van der Waals surface area contributed by atoms with Crippen LogP contribution in [0.3, 0.4) is 0 Å². The van der Waals surface area contributed by atoms with E-state index < -0.39 is 12.0 Å². The van der Waals surface area contributed by atoms with Gasteiger partial charge in [-0.1, -0.05) is 19.1 Å². The van der Waals surface area contributed by atoms with Gasteiger partial charge < -0.3 is 10.8 Å². The zero-order valence-corrected chi connectivity index (χ0v) is 8.48. The molecule has 0 aliphatic heterocycles. The van der Waals surface area contributed by atoms with Crippen molar-refractivity contribution in [2.75, 3.05) is 0 Å². The molecule has 0 radical (unpaired) electrons. The summed E-state index contributed by atoms with van der Waals surface area (Å²) in [5, 5.41) is 8.80. The fourth-order valence-electron chi connectivity index (χ4n) is 1.58. The summed E-state index contributed by atoms with van der Waals surface area (Å²) in [6, 6.07) is 4.83. The van der Waals surface area contributed by atoms with Gasteiger partial charge in [0.25, 0.3) is 0 Å². The van der Waals surface area contributed by atoms with Crippen LogP contribution < -0.4 is 5.73 Å². The number of carboxylic acids is 1. The molecule has 0 saturated carbocycles. The summed E-state index contributed by atoms with van der Waals surface area (Å²) in [4.78, 5) is 10.7. The summed E-state index contributed by atoms with van der Waals surface area (Å²) < 4.78 is 12.7. The molecule has 0 aliphatic carbocycles. The number of benzene rings is 1. The summed E-state index contributed by atoms with van der Waals surface area (Å²) in [6.07, 6.45) is 0.610. The predicted octanol–water partition coefficient (Wildman–Crippen LogP) is 1.73. The number of carbonyl (C=O) groups is 1. The Morgan fingerprint density at radius 1 is 1.47 bits per heavy atom. The molecule has 3 N–H and O–H groups in total. The molecule has 1 rings (SSSR count). The summed E-state index contributed by atoms with van der Waals surface area (Å²) >= 11 is 0. The van der Waals surface area contributed by atoms with Gasteiger partial charge in [0.1, 0.15) is 11.9 Å². The van der Waals surface area contributed by atoms with Gasteiger partial charge in [0.05, 0.1) is 0 Å². The van der Waals surface area contributed by atoms with Gasteiger partial charge in [0.15, 0.2) is 0 Å². The normalized spacial score (nSPS) is 14.6. The van der Waals surface area contributed by atoms with Crippen LogP contribution in [0, 0.1) is 5.82 Å². The zero-order valence-electron chi connectivity index (χ0n) is 8.48. The van der Waals surface area contributed by atoms with Crippen molar-refractivity contribution in [3.63, 3.8) is 0 Å². The van der Waals surface area contributed by atoms with Crippen LogP contribution in [0.15, 0.2) is 24.3 Å². The van der Waals surface area contributed by atoms with Crippen molar-refractivity contribution in [2.45, 2.75) is 25.3 Å². The molecule has 0 fully saturated rings. The monoisotopic (exact) mass is 211 g/mol. The highest BCUT2D eigenvalue weighted by molar-refractivity contribution is 5.74. The second kappa shape index (κ2) is 4.89. The van der Waals surface area contributed by atoms with Gasteiger partial charge >= 0.3 is 5.97 Å². The molecule has 0 saturated heterocycles. The molecule has 0 amide bonds. The van der Waals surface area contributed by atoms with E-state index in [0.29, 0.717) is 6.42 Å². The standard InChI is InChI=1S/C11H14FNO2/c1-2-9(10(13)11(14)15)7-3-5-8(12)6-4-7/h3-6,9-10H,2,13H2,1H3,(H,14,15). The molecule has 0 spiro atoms. The van der Waals surface area contributed by atoms with E-state index in [-0.39, 0.29) is 11.7 Å². The Labute approximate surface area is 87.7 Å². The lowest BCUT2D eigenvalue weighted by Crippen LogP contribution is -2.36. The number of rotatable bonds is 4. The quantitative estimate of drug-likeness (QED) is 0.797. The van der Waals surface area contributed by atoms with Crippen molar-refractivity contribution >= 4 is 5.97 Å². The number of hydrogen-bond acceptors (Lipinski definition) is 2. The molecular weight excluding hydrogens is 197 g/mol. The third kappa shape index (κ3) is 2.76. The first-order valence-electron chi connectivity index (χ1n) is 4.80. The Hall–Kier alpha value is -1.42. The lowest BCUT2D eigenvalue weighted by atomic mass is 9.90. The fraction of sp³-hybridized carbons (Fsp3) is 0.364. The van der Waals surface area contributed by atoms with Crippen LogP contribution >= 0.6 is 0 Å². The summed E-state index contributed by atoms with van der Waals surface area (Å²) in [5.74, 6) is -1.65. The molecule has 2 atom stereocenters. The fourth-order valence-corrected chi connectivity index (χ4v) is 1.58. The van der Waals surface area contributed by atoms with Crippen LogP contribution in [0.2, 0.25) is 0 Å². The van der Waals surface area contributed by atoms with E-state index in [9.17, 15) is 9.18 Å². The van der Waals surface area contributed by atoms with Gasteiger partial charge in [-0.15, -0.1) is 0 Å². The second-order valence-electron chi connectivity index (χ2n) is 3.43. The smallest absolute Gasteiger partial charge is 0.321 e. The van der Waals surface area contributed by atoms with Gasteiger partial charge in [-0.25, -0.2) is 4.39 Å². The molecule has 0 bridgehead atoms. The van der Waals surface area contributed by atoms with E-state index in [1.54, 1.807) is 12.1 Å². The minimum atomic E-state index is -1.04. The highest BCUT2D eigenvalue weighted by Gasteiger charge is 2.23. The van der Waals surface area contributed by atoms with Crippen LogP contribution in [-0.2, 0) is 4.79 Å². The first-order valence-corrected chi connectivity index (χ1v) is 4.80. The molecule has 82 valence electrons. The molecule has 1 aromatic rings. The first-order chi connectivity index (χ1) is 7.06. The molecule has 0 aliphatic rings.